The molecule has 1 heterocycles. The number of nitrogens with two attached hydrogens (primary N) is 1. The van der Waals surface area contributed by atoms with Gasteiger partial charge < -0.3 is 5.73 Å². The molecular weight excluding hydrogens is 392 g/mol. The number of halogens is 2. The van der Waals surface area contributed by atoms with Gasteiger partial charge in [0.25, 0.3) is 0 Å². The molecule has 0 amide bonds. The topological polar surface area (TPSA) is 29.3 Å². The first-order chi connectivity index (χ1) is 10.2. The monoisotopic (exact) mass is 416 g/mol. The average molecular weight is 418 g/mol. The van der Waals surface area contributed by atoms with Gasteiger partial charge in [-0.3, -0.25) is 4.90 Å². The van der Waals surface area contributed by atoms with E-state index >= 15 is 0 Å². The molecule has 2 nitrogen and oxygen atoms in total. The Hall–Kier alpha value is 0.1000. The summed E-state index contributed by atoms with van der Waals surface area (Å²) in [7, 11) is 0. The van der Waals surface area contributed by atoms with Crippen LogP contribution in [0, 0.1) is 5.92 Å². The molecule has 1 fully saturated rings. The van der Waals surface area contributed by atoms with Crippen LogP contribution in [0.1, 0.15) is 50.6 Å². The van der Waals surface area contributed by atoms with Crippen LogP contribution in [-0.4, -0.2) is 24.5 Å². The summed E-state index contributed by atoms with van der Waals surface area (Å²) in [5, 5.41) is 0. The molecule has 0 saturated carbocycles. The quantitative estimate of drug-likeness (QED) is 0.720. The fraction of sp³-hybridized carbons (Fsp3) is 0.647. The van der Waals surface area contributed by atoms with E-state index in [1.54, 1.807) is 0 Å². The van der Waals surface area contributed by atoms with E-state index in [1.807, 2.05) is 0 Å². The predicted octanol–water partition coefficient (Wildman–Crippen LogP) is 5.11. The van der Waals surface area contributed by atoms with Gasteiger partial charge in [0.15, 0.2) is 0 Å². The van der Waals surface area contributed by atoms with Gasteiger partial charge in [0.1, 0.15) is 0 Å². The summed E-state index contributed by atoms with van der Waals surface area (Å²) >= 11 is 7.15. The third-order valence-corrected chi connectivity index (χ3v) is 6.45. The van der Waals surface area contributed by atoms with Crippen LogP contribution in [0.25, 0.3) is 0 Å². The molecule has 0 aromatic heterocycles. The van der Waals surface area contributed by atoms with Gasteiger partial charge >= 0.3 is 0 Å². The van der Waals surface area contributed by atoms with Crippen molar-refractivity contribution in [1.29, 1.82) is 0 Å². The SMILES string of the molecule is CCCC1CCCN(C(CN)c2ccc(Br)c(Br)c2)CC1. The largest absolute Gasteiger partial charge is 0.329 e. The molecule has 1 aliphatic heterocycles. The summed E-state index contributed by atoms with van der Waals surface area (Å²) in [5.41, 5.74) is 7.42. The molecule has 1 saturated heterocycles. The van der Waals surface area contributed by atoms with Gasteiger partial charge in [-0.05, 0) is 87.8 Å². The van der Waals surface area contributed by atoms with E-state index in [9.17, 15) is 0 Å². The van der Waals surface area contributed by atoms with Crippen molar-refractivity contribution in [3.63, 3.8) is 0 Å². The normalized spacial score (nSPS) is 22.0. The first-order valence-corrected chi connectivity index (χ1v) is 9.63. The molecule has 1 aliphatic rings. The van der Waals surface area contributed by atoms with Gasteiger partial charge in [0.2, 0.25) is 0 Å². The number of nitrogens with zero attached hydrogens (tertiary/aromatic N) is 1. The van der Waals surface area contributed by atoms with Crippen LogP contribution in [0.15, 0.2) is 27.1 Å². The molecule has 2 atom stereocenters. The van der Waals surface area contributed by atoms with Crippen LogP contribution in [0.2, 0.25) is 0 Å². The van der Waals surface area contributed by atoms with Crippen molar-refractivity contribution in [2.75, 3.05) is 19.6 Å². The molecule has 0 spiro atoms. The van der Waals surface area contributed by atoms with Gasteiger partial charge in [-0.25, -0.2) is 0 Å². The Morgan fingerprint density at radius 3 is 2.71 bits per heavy atom. The molecule has 0 aliphatic carbocycles. The lowest BCUT2D eigenvalue weighted by molar-refractivity contribution is 0.206. The van der Waals surface area contributed by atoms with Crippen LogP contribution in [0.4, 0.5) is 0 Å². The zero-order chi connectivity index (χ0) is 15.2. The Labute approximate surface area is 145 Å². The number of rotatable bonds is 5. The summed E-state index contributed by atoms with van der Waals surface area (Å²) in [6.45, 7) is 5.34. The van der Waals surface area contributed by atoms with Crippen LogP contribution >= 0.6 is 31.9 Å². The van der Waals surface area contributed by atoms with E-state index in [2.05, 4.69) is 61.9 Å². The van der Waals surface area contributed by atoms with Crippen LogP contribution in [0.5, 0.6) is 0 Å². The summed E-state index contributed by atoms with van der Waals surface area (Å²) in [6, 6.07) is 6.85. The smallest absolute Gasteiger partial charge is 0.0470 e. The summed E-state index contributed by atoms with van der Waals surface area (Å²) in [6.07, 6.45) is 6.70. The second-order valence-electron chi connectivity index (χ2n) is 6.05. The van der Waals surface area contributed by atoms with E-state index in [4.69, 9.17) is 5.73 Å². The minimum Gasteiger partial charge on any atom is -0.329 e. The summed E-state index contributed by atoms with van der Waals surface area (Å²) in [4.78, 5) is 2.59. The fourth-order valence-corrected chi connectivity index (χ4v) is 4.05. The van der Waals surface area contributed by atoms with E-state index < -0.39 is 0 Å². The minimum atomic E-state index is 0.342. The zero-order valence-electron chi connectivity index (χ0n) is 12.8. The van der Waals surface area contributed by atoms with Gasteiger partial charge in [-0.1, -0.05) is 25.8 Å². The Bertz CT molecular complexity index is 450. The lowest BCUT2D eigenvalue weighted by Gasteiger charge is -2.30. The number of benzene rings is 1. The third-order valence-electron chi connectivity index (χ3n) is 4.57. The highest BCUT2D eigenvalue weighted by Gasteiger charge is 2.23. The molecule has 1 aromatic carbocycles. The molecule has 118 valence electrons. The summed E-state index contributed by atoms with van der Waals surface area (Å²) in [5.74, 6) is 0.912. The van der Waals surface area contributed by atoms with Gasteiger partial charge in [-0.2, -0.15) is 0 Å². The molecule has 0 bridgehead atoms. The van der Waals surface area contributed by atoms with E-state index in [1.165, 1.54) is 50.8 Å². The van der Waals surface area contributed by atoms with Crippen LogP contribution < -0.4 is 5.73 Å². The lowest BCUT2D eigenvalue weighted by Crippen LogP contribution is -2.34. The molecule has 2 rings (SSSR count). The molecule has 2 N–H and O–H groups in total. The molecule has 1 aromatic rings. The molecule has 4 heteroatoms. The number of hydrogen-bond donors (Lipinski definition) is 1. The maximum atomic E-state index is 6.10. The minimum absolute atomic E-state index is 0.342. The maximum absolute atomic E-state index is 6.10. The van der Waals surface area contributed by atoms with Crippen molar-refractivity contribution in [1.82, 2.24) is 4.90 Å². The Kier molecular flexibility index (Phi) is 7.20. The second kappa shape index (κ2) is 8.66. The molecule has 21 heavy (non-hydrogen) atoms. The molecule has 0 radical (unpaired) electrons. The van der Waals surface area contributed by atoms with Crippen LogP contribution in [-0.2, 0) is 0 Å². The van der Waals surface area contributed by atoms with Crippen molar-refractivity contribution >= 4 is 31.9 Å². The number of hydrogen-bond acceptors (Lipinski definition) is 2. The van der Waals surface area contributed by atoms with Crippen molar-refractivity contribution in [2.24, 2.45) is 11.7 Å². The lowest BCUT2D eigenvalue weighted by atomic mass is 9.96. The zero-order valence-corrected chi connectivity index (χ0v) is 16.0. The first kappa shape index (κ1) is 17.5. The highest BCUT2D eigenvalue weighted by molar-refractivity contribution is 9.13. The number of likely N-dealkylation sites (tertiary alicyclic amines) is 1. The van der Waals surface area contributed by atoms with E-state index in [0.717, 1.165) is 14.9 Å². The first-order valence-electron chi connectivity index (χ1n) is 8.04. The Morgan fingerprint density at radius 2 is 2.05 bits per heavy atom. The predicted molar refractivity (Wildman–Crippen MR) is 97.5 cm³/mol. The highest BCUT2D eigenvalue weighted by Crippen LogP contribution is 2.31. The third kappa shape index (κ3) is 4.78. The van der Waals surface area contributed by atoms with Gasteiger partial charge in [-0.15, -0.1) is 0 Å². The molecular formula is C17H26Br2N2. The van der Waals surface area contributed by atoms with E-state index in [-0.39, 0.29) is 0 Å². The molecule has 2 unspecified atom stereocenters. The summed E-state index contributed by atoms with van der Waals surface area (Å²) < 4.78 is 2.21. The maximum Gasteiger partial charge on any atom is 0.0470 e. The van der Waals surface area contributed by atoms with Crippen molar-refractivity contribution < 1.29 is 0 Å². The van der Waals surface area contributed by atoms with E-state index in [0.29, 0.717) is 12.6 Å². The van der Waals surface area contributed by atoms with Crippen molar-refractivity contribution in [3.8, 4) is 0 Å². The van der Waals surface area contributed by atoms with Gasteiger partial charge in [0.05, 0.1) is 0 Å². The Morgan fingerprint density at radius 1 is 1.24 bits per heavy atom. The van der Waals surface area contributed by atoms with Crippen molar-refractivity contribution in [3.05, 3.63) is 32.7 Å². The Balaban J connectivity index is 2.08. The van der Waals surface area contributed by atoms with Gasteiger partial charge in [0, 0.05) is 21.5 Å². The average Bonchev–Trinajstić information content (AvgIpc) is 2.70. The van der Waals surface area contributed by atoms with Crippen LogP contribution in [0.3, 0.4) is 0 Å². The highest BCUT2D eigenvalue weighted by atomic mass is 79.9. The fourth-order valence-electron chi connectivity index (χ4n) is 3.41. The van der Waals surface area contributed by atoms with Crippen molar-refractivity contribution in [2.45, 2.75) is 45.1 Å². The second-order valence-corrected chi connectivity index (χ2v) is 7.76. The standard InChI is InChI=1S/C17H26Br2N2/c1-2-4-13-5-3-9-21(10-8-13)17(12-20)14-6-7-15(18)16(19)11-14/h6-7,11,13,17H,2-5,8-10,12,20H2,1H3.